The minimum absolute atomic E-state index is 0.0242. The maximum absolute atomic E-state index is 12.3. The Morgan fingerprint density at radius 3 is 3.09 bits per heavy atom. The molecule has 0 fully saturated rings. The number of aromatic nitrogens is 4. The predicted octanol–water partition coefficient (Wildman–Crippen LogP) is 1.07. The SMILES string of the molecule is Cc1cn2nnc(C(=O)N[C@@H](C)CCc3ccco3)c2c(=O)[nH]1. The van der Waals surface area contributed by atoms with Crippen molar-refractivity contribution in [3.05, 3.63) is 52.1 Å². The largest absolute Gasteiger partial charge is 0.469 e. The van der Waals surface area contributed by atoms with E-state index in [0.717, 1.165) is 12.2 Å². The molecule has 0 aliphatic rings. The van der Waals surface area contributed by atoms with E-state index in [0.29, 0.717) is 12.1 Å². The summed E-state index contributed by atoms with van der Waals surface area (Å²) in [6.45, 7) is 3.62. The predicted molar refractivity (Wildman–Crippen MR) is 82.3 cm³/mol. The van der Waals surface area contributed by atoms with E-state index in [9.17, 15) is 9.59 Å². The van der Waals surface area contributed by atoms with Crippen molar-refractivity contribution in [3.8, 4) is 0 Å². The fourth-order valence-corrected chi connectivity index (χ4v) is 2.38. The smallest absolute Gasteiger partial charge is 0.276 e. The van der Waals surface area contributed by atoms with Crippen LogP contribution in [-0.4, -0.2) is 31.8 Å². The Kier molecular flexibility index (Phi) is 3.96. The third-order valence-electron chi connectivity index (χ3n) is 3.53. The minimum Gasteiger partial charge on any atom is -0.469 e. The number of rotatable bonds is 5. The van der Waals surface area contributed by atoms with Crippen molar-refractivity contribution in [1.29, 1.82) is 0 Å². The molecule has 3 heterocycles. The van der Waals surface area contributed by atoms with Gasteiger partial charge in [-0.15, -0.1) is 5.10 Å². The number of H-pyrrole nitrogens is 1. The molecule has 2 N–H and O–H groups in total. The van der Waals surface area contributed by atoms with Gasteiger partial charge in [0.15, 0.2) is 11.2 Å². The Bertz CT molecular complexity index is 878. The number of aromatic amines is 1. The van der Waals surface area contributed by atoms with Crippen LogP contribution in [0.1, 0.15) is 35.3 Å². The number of amides is 1. The topological polar surface area (TPSA) is 105 Å². The summed E-state index contributed by atoms with van der Waals surface area (Å²) in [5.74, 6) is 0.452. The molecule has 1 amide bonds. The van der Waals surface area contributed by atoms with Crippen LogP contribution in [0.3, 0.4) is 0 Å². The molecule has 3 aromatic rings. The van der Waals surface area contributed by atoms with Gasteiger partial charge in [0, 0.05) is 18.2 Å². The van der Waals surface area contributed by atoms with Gasteiger partial charge in [0.25, 0.3) is 11.5 Å². The normalized spacial score (nSPS) is 12.4. The lowest BCUT2D eigenvalue weighted by molar-refractivity contribution is 0.0934. The molecule has 0 saturated carbocycles. The minimum atomic E-state index is -0.415. The van der Waals surface area contributed by atoms with E-state index in [1.807, 2.05) is 19.1 Å². The van der Waals surface area contributed by atoms with Gasteiger partial charge in [-0.3, -0.25) is 9.59 Å². The fourth-order valence-electron chi connectivity index (χ4n) is 2.38. The zero-order valence-corrected chi connectivity index (χ0v) is 12.9. The average Bonchev–Trinajstić information content (AvgIpc) is 3.13. The summed E-state index contributed by atoms with van der Waals surface area (Å²) >= 11 is 0. The number of nitrogens with one attached hydrogen (secondary N) is 2. The molecule has 23 heavy (non-hydrogen) atoms. The van der Waals surface area contributed by atoms with Gasteiger partial charge in [-0.1, -0.05) is 5.21 Å². The molecule has 0 saturated heterocycles. The standard InChI is InChI=1S/C15H17N5O3/c1-9(5-6-11-4-3-7-23-11)16-14(21)12-13-15(22)17-10(2)8-20(13)19-18-12/h3-4,7-9H,5-6H2,1-2H3,(H,16,21)(H,17,22)/t9-/m0/s1. The van der Waals surface area contributed by atoms with Crippen LogP contribution in [0.2, 0.25) is 0 Å². The molecule has 0 aromatic carbocycles. The van der Waals surface area contributed by atoms with Gasteiger partial charge in [-0.05, 0) is 32.4 Å². The molecular weight excluding hydrogens is 298 g/mol. The van der Waals surface area contributed by atoms with Crippen LogP contribution in [-0.2, 0) is 6.42 Å². The second kappa shape index (κ2) is 6.07. The van der Waals surface area contributed by atoms with Gasteiger partial charge in [-0.2, -0.15) is 0 Å². The van der Waals surface area contributed by atoms with Gasteiger partial charge in [0.05, 0.1) is 12.5 Å². The molecule has 0 bridgehead atoms. The van der Waals surface area contributed by atoms with E-state index in [-0.39, 0.29) is 22.8 Å². The van der Waals surface area contributed by atoms with Crippen molar-refractivity contribution in [1.82, 2.24) is 25.1 Å². The molecule has 0 aliphatic heterocycles. The Morgan fingerprint density at radius 2 is 2.35 bits per heavy atom. The maximum Gasteiger partial charge on any atom is 0.276 e. The van der Waals surface area contributed by atoms with E-state index < -0.39 is 5.91 Å². The van der Waals surface area contributed by atoms with Crippen LogP contribution in [0.4, 0.5) is 0 Å². The van der Waals surface area contributed by atoms with Crippen LogP contribution in [0.5, 0.6) is 0 Å². The highest BCUT2D eigenvalue weighted by Crippen LogP contribution is 2.07. The van der Waals surface area contributed by atoms with E-state index in [1.165, 1.54) is 4.52 Å². The summed E-state index contributed by atoms with van der Waals surface area (Å²) in [5.41, 5.74) is 0.428. The van der Waals surface area contributed by atoms with E-state index >= 15 is 0 Å². The Balaban J connectivity index is 1.72. The number of hydrogen-bond donors (Lipinski definition) is 2. The lowest BCUT2D eigenvalue weighted by Gasteiger charge is -2.11. The van der Waals surface area contributed by atoms with Crippen molar-refractivity contribution in [2.45, 2.75) is 32.7 Å². The van der Waals surface area contributed by atoms with Gasteiger partial charge in [0.2, 0.25) is 0 Å². The summed E-state index contributed by atoms with van der Waals surface area (Å²) in [6.07, 6.45) is 4.67. The van der Waals surface area contributed by atoms with Crippen molar-refractivity contribution in [2.75, 3.05) is 0 Å². The third kappa shape index (κ3) is 3.15. The molecule has 0 aliphatic carbocycles. The summed E-state index contributed by atoms with van der Waals surface area (Å²) < 4.78 is 6.58. The fraction of sp³-hybridized carbons (Fsp3) is 0.333. The first-order valence-corrected chi connectivity index (χ1v) is 7.33. The van der Waals surface area contributed by atoms with Crippen molar-refractivity contribution in [2.24, 2.45) is 0 Å². The summed E-state index contributed by atoms with van der Waals surface area (Å²) in [4.78, 5) is 27.0. The molecule has 8 nitrogen and oxygen atoms in total. The Labute approximate surface area is 131 Å². The van der Waals surface area contributed by atoms with Gasteiger partial charge in [-0.25, -0.2) is 4.52 Å². The first-order chi connectivity index (χ1) is 11.0. The number of aryl methyl sites for hydroxylation is 2. The number of furan rings is 1. The lowest BCUT2D eigenvalue weighted by atomic mass is 10.1. The molecule has 8 heteroatoms. The third-order valence-corrected chi connectivity index (χ3v) is 3.53. The Hall–Kier alpha value is -2.90. The highest BCUT2D eigenvalue weighted by Gasteiger charge is 2.19. The second-order valence-corrected chi connectivity index (χ2v) is 5.49. The monoisotopic (exact) mass is 315 g/mol. The average molecular weight is 315 g/mol. The Morgan fingerprint density at radius 1 is 1.52 bits per heavy atom. The number of carbonyl (C=O) groups excluding carboxylic acids is 1. The molecule has 120 valence electrons. The zero-order chi connectivity index (χ0) is 16.4. The highest BCUT2D eigenvalue weighted by atomic mass is 16.3. The maximum atomic E-state index is 12.3. The summed E-state index contributed by atoms with van der Waals surface area (Å²) in [7, 11) is 0. The number of nitrogens with zero attached hydrogens (tertiary/aromatic N) is 3. The van der Waals surface area contributed by atoms with Crippen LogP contribution in [0, 0.1) is 6.92 Å². The van der Waals surface area contributed by atoms with Crippen molar-refractivity contribution < 1.29 is 9.21 Å². The second-order valence-electron chi connectivity index (χ2n) is 5.49. The van der Waals surface area contributed by atoms with E-state index in [4.69, 9.17) is 4.42 Å². The van der Waals surface area contributed by atoms with Crippen LogP contribution in [0.25, 0.3) is 5.52 Å². The lowest BCUT2D eigenvalue weighted by Crippen LogP contribution is -2.33. The molecular formula is C15H17N5O3. The number of fused-ring (bicyclic) bond motifs is 1. The highest BCUT2D eigenvalue weighted by molar-refractivity contribution is 5.98. The molecule has 0 spiro atoms. The van der Waals surface area contributed by atoms with E-state index in [1.54, 1.807) is 19.4 Å². The van der Waals surface area contributed by atoms with Crippen LogP contribution >= 0.6 is 0 Å². The first-order valence-electron chi connectivity index (χ1n) is 7.33. The molecule has 3 aromatic heterocycles. The molecule has 1 atom stereocenters. The van der Waals surface area contributed by atoms with Crippen LogP contribution in [0.15, 0.2) is 33.8 Å². The van der Waals surface area contributed by atoms with Gasteiger partial charge in [0.1, 0.15) is 5.76 Å². The van der Waals surface area contributed by atoms with Crippen LogP contribution < -0.4 is 10.9 Å². The summed E-state index contributed by atoms with van der Waals surface area (Å²) in [6, 6.07) is 3.63. The number of carbonyl (C=O) groups is 1. The van der Waals surface area contributed by atoms with Crippen molar-refractivity contribution in [3.63, 3.8) is 0 Å². The molecule has 3 rings (SSSR count). The molecule has 0 unspecified atom stereocenters. The van der Waals surface area contributed by atoms with Gasteiger partial charge >= 0.3 is 0 Å². The van der Waals surface area contributed by atoms with Gasteiger partial charge < -0.3 is 14.7 Å². The zero-order valence-electron chi connectivity index (χ0n) is 12.9. The molecule has 0 radical (unpaired) electrons. The number of hydrogen-bond acceptors (Lipinski definition) is 5. The van der Waals surface area contributed by atoms with Crippen molar-refractivity contribution >= 4 is 11.4 Å². The summed E-state index contributed by atoms with van der Waals surface area (Å²) in [5, 5.41) is 10.5. The van der Waals surface area contributed by atoms with E-state index in [2.05, 4.69) is 20.6 Å². The first kappa shape index (κ1) is 15.0. The quantitative estimate of drug-likeness (QED) is 0.732.